The van der Waals surface area contributed by atoms with Crippen LogP contribution >= 0.6 is 0 Å². The first-order valence-corrected chi connectivity index (χ1v) is 7.21. The predicted molar refractivity (Wildman–Crippen MR) is 83.4 cm³/mol. The number of nitro groups is 1. The first kappa shape index (κ1) is 16.7. The molecule has 0 amide bonds. The van der Waals surface area contributed by atoms with Crippen LogP contribution in [0.4, 0.5) is 14.5 Å². The van der Waals surface area contributed by atoms with Gasteiger partial charge < -0.3 is 5.11 Å². The predicted octanol–water partition coefficient (Wildman–Crippen LogP) is 2.87. The molecule has 1 heterocycles. The summed E-state index contributed by atoms with van der Waals surface area (Å²) in [5, 5.41) is 24.9. The molecule has 128 valence electrons. The maximum Gasteiger partial charge on any atom is 0.269 e. The molecule has 0 spiro atoms. The zero-order valence-corrected chi connectivity index (χ0v) is 12.7. The number of rotatable bonds is 5. The number of aliphatic hydroxyl groups is 1. The maximum atomic E-state index is 13.2. The average Bonchev–Trinajstić information content (AvgIpc) is 3.05. The molecule has 0 bridgehead atoms. The smallest absolute Gasteiger partial charge is 0.269 e. The SMILES string of the molecule is O=[N+]([O-])c1ccc(-c2ncn(CC(O)c3ccc(F)c(F)c3)n2)cc1. The van der Waals surface area contributed by atoms with E-state index in [1.165, 1.54) is 41.3 Å². The van der Waals surface area contributed by atoms with Crippen molar-refractivity contribution >= 4 is 5.69 Å². The van der Waals surface area contributed by atoms with Gasteiger partial charge >= 0.3 is 0 Å². The third kappa shape index (κ3) is 3.66. The van der Waals surface area contributed by atoms with Gasteiger partial charge in [0.15, 0.2) is 17.5 Å². The average molecular weight is 346 g/mol. The minimum atomic E-state index is -1.10. The Labute approximate surface area is 140 Å². The summed E-state index contributed by atoms with van der Waals surface area (Å²) >= 11 is 0. The number of nitro benzene ring substituents is 1. The topological polar surface area (TPSA) is 94.1 Å². The van der Waals surface area contributed by atoms with Crippen LogP contribution in [0.25, 0.3) is 11.4 Å². The summed E-state index contributed by atoms with van der Waals surface area (Å²) in [5.41, 5.74) is 0.745. The van der Waals surface area contributed by atoms with Crippen LogP contribution in [0.3, 0.4) is 0 Å². The van der Waals surface area contributed by atoms with E-state index >= 15 is 0 Å². The van der Waals surface area contributed by atoms with E-state index in [4.69, 9.17) is 0 Å². The zero-order chi connectivity index (χ0) is 18.0. The molecule has 2 aromatic carbocycles. The van der Waals surface area contributed by atoms with Gasteiger partial charge in [0.05, 0.1) is 17.6 Å². The molecule has 0 fully saturated rings. The molecule has 0 saturated heterocycles. The number of hydrogen-bond acceptors (Lipinski definition) is 5. The lowest BCUT2D eigenvalue weighted by molar-refractivity contribution is -0.384. The molecule has 0 radical (unpaired) electrons. The lowest BCUT2D eigenvalue weighted by Crippen LogP contribution is -2.09. The molecule has 3 aromatic rings. The van der Waals surface area contributed by atoms with Gasteiger partial charge in [-0.05, 0) is 29.8 Å². The Morgan fingerprint density at radius 1 is 1.16 bits per heavy atom. The summed E-state index contributed by atoms with van der Waals surface area (Å²) < 4.78 is 27.5. The highest BCUT2D eigenvalue weighted by Gasteiger charge is 2.14. The Bertz CT molecular complexity index is 912. The van der Waals surface area contributed by atoms with Crippen molar-refractivity contribution in [3.05, 3.63) is 76.1 Å². The summed E-state index contributed by atoms with van der Waals surface area (Å²) in [6.07, 6.45) is 0.279. The second-order valence-corrected chi connectivity index (χ2v) is 5.28. The molecule has 0 saturated carbocycles. The lowest BCUT2D eigenvalue weighted by Gasteiger charge is -2.10. The van der Waals surface area contributed by atoms with Gasteiger partial charge in [-0.25, -0.2) is 18.4 Å². The van der Waals surface area contributed by atoms with Crippen LogP contribution in [0.15, 0.2) is 48.8 Å². The molecule has 0 aliphatic heterocycles. The summed E-state index contributed by atoms with van der Waals surface area (Å²) in [7, 11) is 0. The fraction of sp³-hybridized carbons (Fsp3) is 0.125. The number of non-ortho nitro benzene ring substituents is 1. The number of hydrogen-bond donors (Lipinski definition) is 1. The van der Waals surface area contributed by atoms with E-state index in [9.17, 15) is 24.0 Å². The lowest BCUT2D eigenvalue weighted by atomic mass is 10.1. The van der Waals surface area contributed by atoms with Crippen molar-refractivity contribution in [2.24, 2.45) is 0 Å². The van der Waals surface area contributed by atoms with Crippen molar-refractivity contribution in [1.82, 2.24) is 14.8 Å². The molecule has 1 atom stereocenters. The molecular weight excluding hydrogens is 334 g/mol. The Kier molecular flexibility index (Phi) is 4.48. The van der Waals surface area contributed by atoms with Crippen molar-refractivity contribution in [3.63, 3.8) is 0 Å². The van der Waals surface area contributed by atoms with E-state index in [1.807, 2.05) is 0 Å². The van der Waals surface area contributed by atoms with Crippen LogP contribution in [0.2, 0.25) is 0 Å². The number of benzene rings is 2. The minimum Gasteiger partial charge on any atom is -0.386 e. The van der Waals surface area contributed by atoms with Gasteiger partial charge in [0.1, 0.15) is 6.33 Å². The Morgan fingerprint density at radius 3 is 2.52 bits per heavy atom. The highest BCUT2D eigenvalue weighted by molar-refractivity contribution is 5.56. The van der Waals surface area contributed by atoms with E-state index in [0.29, 0.717) is 11.4 Å². The van der Waals surface area contributed by atoms with Crippen molar-refractivity contribution < 1.29 is 18.8 Å². The maximum absolute atomic E-state index is 13.2. The van der Waals surface area contributed by atoms with Gasteiger partial charge in [-0.2, -0.15) is 5.10 Å². The van der Waals surface area contributed by atoms with E-state index < -0.39 is 22.7 Å². The third-order valence-electron chi connectivity index (χ3n) is 3.56. The molecule has 25 heavy (non-hydrogen) atoms. The van der Waals surface area contributed by atoms with Gasteiger partial charge in [0.2, 0.25) is 0 Å². The first-order chi connectivity index (χ1) is 11.9. The van der Waals surface area contributed by atoms with Crippen LogP contribution in [0.1, 0.15) is 11.7 Å². The van der Waals surface area contributed by atoms with Gasteiger partial charge in [0, 0.05) is 17.7 Å². The van der Waals surface area contributed by atoms with Crippen molar-refractivity contribution in [1.29, 1.82) is 0 Å². The number of aromatic nitrogens is 3. The quantitative estimate of drug-likeness (QED) is 0.566. The largest absolute Gasteiger partial charge is 0.386 e. The van der Waals surface area contributed by atoms with E-state index in [1.54, 1.807) is 0 Å². The molecule has 1 aromatic heterocycles. The summed E-state index contributed by atoms with van der Waals surface area (Å²) in [5.74, 6) is -1.70. The zero-order valence-electron chi connectivity index (χ0n) is 12.7. The summed E-state index contributed by atoms with van der Waals surface area (Å²) in [6.45, 7) is -0.00888. The molecule has 7 nitrogen and oxygen atoms in total. The van der Waals surface area contributed by atoms with E-state index in [0.717, 1.165) is 12.1 Å². The van der Waals surface area contributed by atoms with Crippen LogP contribution in [0.5, 0.6) is 0 Å². The van der Waals surface area contributed by atoms with Crippen molar-refractivity contribution in [3.8, 4) is 11.4 Å². The Morgan fingerprint density at radius 2 is 1.88 bits per heavy atom. The minimum absolute atomic E-state index is 0.00888. The van der Waals surface area contributed by atoms with Gasteiger partial charge in [-0.3, -0.25) is 10.1 Å². The molecule has 0 aliphatic rings. The molecule has 3 rings (SSSR count). The van der Waals surface area contributed by atoms with Crippen LogP contribution in [-0.2, 0) is 6.54 Å². The van der Waals surface area contributed by atoms with Gasteiger partial charge in [-0.1, -0.05) is 6.07 Å². The molecule has 1 unspecified atom stereocenters. The number of halogens is 2. The normalized spacial score (nSPS) is 12.1. The fourth-order valence-electron chi connectivity index (χ4n) is 2.25. The molecule has 9 heteroatoms. The monoisotopic (exact) mass is 346 g/mol. The Hall–Kier alpha value is -3.20. The van der Waals surface area contributed by atoms with E-state index in [-0.39, 0.29) is 17.8 Å². The standard InChI is InChI=1S/C16H12F2N4O3/c17-13-6-3-11(7-14(13)18)15(23)8-21-9-19-16(20-21)10-1-4-12(5-2-10)22(24)25/h1-7,9,15,23H,8H2. The van der Waals surface area contributed by atoms with Crippen LogP contribution < -0.4 is 0 Å². The Balaban J connectivity index is 1.74. The highest BCUT2D eigenvalue weighted by Crippen LogP contribution is 2.21. The van der Waals surface area contributed by atoms with Gasteiger partial charge in [-0.15, -0.1) is 0 Å². The van der Waals surface area contributed by atoms with Crippen LogP contribution in [-0.4, -0.2) is 24.8 Å². The summed E-state index contributed by atoms with van der Waals surface area (Å²) in [4.78, 5) is 14.2. The highest BCUT2D eigenvalue weighted by atomic mass is 19.2. The second-order valence-electron chi connectivity index (χ2n) is 5.28. The van der Waals surface area contributed by atoms with Gasteiger partial charge in [0.25, 0.3) is 5.69 Å². The van der Waals surface area contributed by atoms with Crippen LogP contribution in [0, 0.1) is 21.7 Å². The molecular formula is C16H12F2N4O3. The summed E-state index contributed by atoms with van der Waals surface area (Å²) in [6, 6.07) is 8.87. The number of nitrogens with zero attached hydrogens (tertiary/aromatic N) is 4. The fourth-order valence-corrected chi connectivity index (χ4v) is 2.25. The number of aliphatic hydroxyl groups excluding tert-OH is 1. The van der Waals surface area contributed by atoms with Crippen molar-refractivity contribution in [2.45, 2.75) is 12.6 Å². The molecule has 1 N–H and O–H groups in total. The second kappa shape index (κ2) is 6.73. The molecule has 0 aliphatic carbocycles. The third-order valence-corrected chi connectivity index (χ3v) is 3.56. The van der Waals surface area contributed by atoms with E-state index in [2.05, 4.69) is 10.1 Å². The van der Waals surface area contributed by atoms with Crippen molar-refractivity contribution in [2.75, 3.05) is 0 Å². The first-order valence-electron chi connectivity index (χ1n) is 7.21.